The highest BCUT2D eigenvalue weighted by molar-refractivity contribution is 7.09. The summed E-state index contributed by atoms with van der Waals surface area (Å²) in [6.07, 6.45) is 3.23. The van der Waals surface area contributed by atoms with Crippen LogP contribution in [0.25, 0.3) is 0 Å². The van der Waals surface area contributed by atoms with Gasteiger partial charge >= 0.3 is 0 Å². The monoisotopic (exact) mass is 368 g/mol. The summed E-state index contributed by atoms with van der Waals surface area (Å²) >= 11 is 1.69. The maximum atomic E-state index is 5.78. The van der Waals surface area contributed by atoms with Crippen molar-refractivity contribution in [2.75, 3.05) is 40.0 Å². The molecule has 0 atom stereocenters. The predicted octanol–water partition coefficient (Wildman–Crippen LogP) is 2.76. The molecule has 142 valence electrons. The quantitative estimate of drug-likeness (QED) is 0.398. The highest BCUT2D eigenvalue weighted by Gasteiger charge is 2.13. The van der Waals surface area contributed by atoms with Crippen LogP contribution in [0.3, 0.4) is 0 Å². The van der Waals surface area contributed by atoms with E-state index < -0.39 is 0 Å². The van der Waals surface area contributed by atoms with Gasteiger partial charge in [0.15, 0.2) is 5.96 Å². The van der Waals surface area contributed by atoms with Crippen LogP contribution in [0.4, 0.5) is 0 Å². The molecule has 2 rings (SSSR count). The number of hydrogen-bond acceptors (Lipinski definition) is 5. The summed E-state index contributed by atoms with van der Waals surface area (Å²) in [7, 11) is 1.79. The van der Waals surface area contributed by atoms with Gasteiger partial charge in [0.05, 0.1) is 12.2 Å². The molecule has 1 aromatic rings. The summed E-state index contributed by atoms with van der Waals surface area (Å²) in [5.41, 5.74) is 1.16. The van der Waals surface area contributed by atoms with E-state index in [1.54, 1.807) is 18.4 Å². The summed E-state index contributed by atoms with van der Waals surface area (Å²) in [6, 6.07) is 0. The number of nitrogens with one attached hydrogen (secondary N) is 2. The van der Waals surface area contributed by atoms with Gasteiger partial charge in [-0.05, 0) is 31.1 Å². The zero-order valence-electron chi connectivity index (χ0n) is 15.7. The van der Waals surface area contributed by atoms with E-state index in [9.17, 15) is 0 Å². The highest BCUT2D eigenvalue weighted by Crippen LogP contribution is 2.17. The molecule has 1 fully saturated rings. The molecule has 0 aliphatic carbocycles. The van der Waals surface area contributed by atoms with Crippen LogP contribution in [0, 0.1) is 5.92 Å². The minimum atomic E-state index is 0.476. The van der Waals surface area contributed by atoms with Crippen molar-refractivity contribution in [1.29, 1.82) is 0 Å². The lowest BCUT2D eigenvalue weighted by Crippen LogP contribution is -2.37. The maximum absolute atomic E-state index is 5.78. The molecule has 1 aliphatic heterocycles. The average Bonchev–Trinajstić information content (AvgIpc) is 3.11. The second-order valence-corrected chi connectivity index (χ2v) is 7.60. The Labute approximate surface area is 155 Å². The first-order valence-electron chi connectivity index (χ1n) is 9.23. The van der Waals surface area contributed by atoms with Gasteiger partial charge in [-0.25, -0.2) is 4.98 Å². The normalized spacial score (nSPS) is 16.4. The molecule has 25 heavy (non-hydrogen) atoms. The van der Waals surface area contributed by atoms with Crippen LogP contribution in [0.5, 0.6) is 0 Å². The Balaban J connectivity index is 1.54. The Bertz CT molecular complexity index is 513. The van der Waals surface area contributed by atoms with Crippen molar-refractivity contribution in [2.24, 2.45) is 10.9 Å². The fourth-order valence-electron chi connectivity index (χ4n) is 2.60. The third kappa shape index (κ3) is 7.71. The number of ether oxygens (including phenoxy) is 2. The van der Waals surface area contributed by atoms with E-state index in [4.69, 9.17) is 9.47 Å². The molecule has 0 bridgehead atoms. The van der Waals surface area contributed by atoms with E-state index in [1.165, 1.54) is 0 Å². The van der Waals surface area contributed by atoms with Gasteiger partial charge in [-0.3, -0.25) is 4.99 Å². The standard InChI is InChI=1S/C18H32N4O2S/c1-14(2)16-13-25-17(22-16)11-21-18(19-3)20-7-4-8-24-12-15-5-9-23-10-6-15/h13-15H,4-12H2,1-3H3,(H2,19,20,21). The highest BCUT2D eigenvalue weighted by atomic mass is 32.1. The van der Waals surface area contributed by atoms with Crippen molar-refractivity contribution in [2.45, 2.75) is 45.6 Å². The van der Waals surface area contributed by atoms with E-state index in [2.05, 4.69) is 39.8 Å². The SMILES string of the molecule is CN=C(NCCCOCC1CCOCC1)NCc1nc(C(C)C)cs1. The lowest BCUT2D eigenvalue weighted by molar-refractivity contribution is 0.0203. The van der Waals surface area contributed by atoms with Crippen LogP contribution in [-0.2, 0) is 16.0 Å². The molecule has 6 nitrogen and oxygen atoms in total. The third-order valence-corrected chi connectivity index (χ3v) is 5.11. The second kappa shape index (κ2) is 11.4. The van der Waals surface area contributed by atoms with Gasteiger partial charge in [0, 0.05) is 45.4 Å². The molecule has 1 aromatic heterocycles. The lowest BCUT2D eigenvalue weighted by Gasteiger charge is -2.21. The Hall–Kier alpha value is -1.18. The molecule has 1 saturated heterocycles. The number of aromatic nitrogens is 1. The molecule has 0 unspecified atom stereocenters. The predicted molar refractivity (Wildman–Crippen MR) is 103 cm³/mol. The van der Waals surface area contributed by atoms with Crippen LogP contribution in [-0.4, -0.2) is 51.0 Å². The van der Waals surface area contributed by atoms with Crippen LogP contribution >= 0.6 is 11.3 Å². The van der Waals surface area contributed by atoms with Crippen LogP contribution in [0.2, 0.25) is 0 Å². The number of thiazole rings is 1. The van der Waals surface area contributed by atoms with Gasteiger partial charge < -0.3 is 20.1 Å². The maximum Gasteiger partial charge on any atom is 0.191 e. The van der Waals surface area contributed by atoms with Gasteiger partial charge in [-0.2, -0.15) is 0 Å². The molecule has 2 heterocycles. The van der Waals surface area contributed by atoms with Crippen molar-refractivity contribution >= 4 is 17.3 Å². The molecular weight excluding hydrogens is 336 g/mol. The number of aliphatic imine (C=N–C) groups is 1. The number of guanidine groups is 1. The Kier molecular flexibility index (Phi) is 9.21. The van der Waals surface area contributed by atoms with Gasteiger partial charge in [0.1, 0.15) is 5.01 Å². The van der Waals surface area contributed by atoms with Crippen LogP contribution < -0.4 is 10.6 Å². The Morgan fingerprint density at radius 3 is 2.88 bits per heavy atom. The minimum Gasteiger partial charge on any atom is -0.381 e. The summed E-state index contributed by atoms with van der Waals surface area (Å²) in [4.78, 5) is 8.88. The van der Waals surface area contributed by atoms with Gasteiger partial charge in [-0.1, -0.05) is 13.8 Å². The average molecular weight is 369 g/mol. The van der Waals surface area contributed by atoms with E-state index in [-0.39, 0.29) is 0 Å². The number of rotatable bonds is 9. The van der Waals surface area contributed by atoms with Crippen molar-refractivity contribution in [3.8, 4) is 0 Å². The molecule has 0 spiro atoms. The van der Waals surface area contributed by atoms with E-state index >= 15 is 0 Å². The molecule has 2 N–H and O–H groups in total. The molecule has 0 saturated carbocycles. The Morgan fingerprint density at radius 2 is 2.20 bits per heavy atom. The van der Waals surface area contributed by atoms with Crippen molar-refractivity contribution in [3.05, 3.63) is 16.1 Å². The summed E-state index contributed by atoms with van der Waals surface area (Å²) < 4.78 is 11.1. The van der Waals surface area contributed by atoms with E-state index in [0.717, 1.165) is 68.9 Å². The van der Waals surface area contributed by atoms with Crippen molar-refractivity contribution in [1.82, 2.24) is 15.6 Å². The van der Waals surface area contributed by atoms with Crippen LogP contribution in [0.15, 0.2) is 10.4 Å². The van der Waals surface area contributed by atoms with E-state index in [0.29, 0.717) is 18.4 Å². The first-order chi connectivity index (χ1) is 12.2. The second-order valence-electron chi connectivity index (χ2n) is 6.66. The lowest BCUT2D eigenvalue weighted by atomic mass is 10.0. The zero-order chi connectivity index (χ0) is 17.9. The van der Waals surface area contributed by atoms with Crippen LogP contribution in [0.1, 0.15) is 49.7 Å². The molecule has 1 aliphatic rings. The first kappa shape index (κ1) is 20.1. The van der Waals surface area contributed by atoms with Gasteiger partial charge in [0.25, 0.3) is 0 Å². The van der Waals surface area contributed by atoms with E-state index in [1.807, 2.05) is 0 Å². The number of hydrogen-bond donors (Lipinski definition) is 2. The fraction of sp³-hybridized carbons (Fsp3) is 0.778. The number of nitrogens with zero attached hydrogens (tertiary/aromatic N) is 2. The third-order valence-electron chi connectivity index (χ3n) is 4.24. The fourth-order valence-corrected chi connectivity index (χ4v) is 3.49. The molecule has 7 heteroatoms. The smallest absolute Gasteiger partial charge is 0.191 e. The largest absolute Gasteiger partial charge is 0.381 e. The van der Waals surface area contributed by atoms with Gasteiger partial charge in [-0.15, -0.1) is 11.3 Å². The molecular formula is C18H32N4O2S. The van der Waals surface area contributed by atoms with Crippen molar-refractivity contribution < 1.29 is 9.47 Å². The minimum absolute atomic E-state index is 0.476. The molecule has 0 aromatic carbocycles. The summed E-state index contributed by atoms with van der Waals surface area (Å²) in [6.45, 7) is 9.29. The molecule has 0 radical (unpaired) electrons. The summed E-state index contributed by atoms with van der Waals surface area (Å²) in [5, 5.41) is 9.86. The summed E-state index contributed by atoms with van der Waals surface area (Å²) in [5.74, 6) is 1.96. The van der Waals surface area contributed by atoms with Crippen molar-refractivity contribution in [3.63, 3.8) is 0 Å². The topological polar surface area (TPSA) is 67.8 Å². The Morgan fingerprint density at radius 1 is 1.40 bits per heavy atom. The first-order valence-corrected chi connectivity index (χ1v) is 10.1. The molecule has 0 amide bonds. The zero-order valence-corrected chi connectivity index (χ0v) is 16.5. The van der Waals surface area contributed by atoms with Gasteiger partial charge in [0.2, 0.25) is 0 Å².